The van der Waals surface area contributed by atoms with Gasteiger partial charge in [-0.1, -0.05) is 0 Å². The third-order valence-electron chi connectivity index (χ3n) is 2.44. The number of halogens is 1. The zero-order valence-corrected chi connectivity index (χ0v) is 10.9. The van der Waals surface area contributed by atoms with Crippen molar-refractivity contribution in [3.8, 4) is 0 Å². The first-order valence-electron chi connectivity index (χ1n) is 5.23. The number of hydrogen-bond donors (Lipinski definition) is 2. The van der Waals surface area contributed by atoms with Crippen LogP contribution in [0, 0.1) is 6.92 Å². The fourth-order valence-electron chi connectivity index (χ4n) is 1.49. The summed E-state index contributed by atoms with van der Waals surface area (Å²) in [5, 5.41) is 12.4. The van der Waals surface area contributed by atoms with E-state index in [2.05, 4.69) is 26.2 Å². The summed E-state index contributed by atoms with van der Waals surface area (Å²) in [6, 6.07) is 5.24. The first kappa shape index (κ1) is 12.1. The molecular weight excluding hydrogens is 284 g/mol. The van der Waals surface area contributed by atoms with Crippen molar-refractivity contribution in [2.24, 2.45) is 0 Å². The molecule has 0 bridgehead atoms. The number of furan rings is 1. The van der Waals surface area contributed by atoms with Crippen molar-refractivity contribution in [3.63, 3.8) is 0 Å². The van der Waals surface area contributed by atoms with E-state index in [9.17, 15) is 5.11 Å². The van der Waals surface area contributed by atoms with Crippen LogP contribution >= 0.6 is 15.9 Å². The van der Waals surface area contributed by atoms with Gasteiger partial charge < -0.3 is 14.8 Å². The largest absolute Gasteiger partial charge is 0.467 e. The lowest BCUT2D eigenvalue weighted by Crippen LogP contribution is -2.15. The molecule has 17 heavy (non-hydrogen) atoms. The lowest BCUT2D eigenvalue weighted by Gasteiger charge is -2.15. The maximum absolute atomic E-state index is 9.32. The number of anilines is 1. The van der Waals surface area contributed by atoms with Gasteiger partial charge in [-0.15, -0.1) is 0 Å². The Bertz CT molecular complexity index is 485. The van der Waals surface area contributed by atoms with Gasteiger partial charge in [-0.05, 0) is 46.6 Å². The predicted molar refractivity (Wildman–Crippen MR) is 68.8 cm³/mol. The Morgan fingerprint density at radius 1 is 1.59 bits per heavy atom. The standard InChI is InChI=1S/C12H13BrN2O2/c1-8-5-12(14-6-9(8)13)15-10(7-16)11-3-2-4-17-11/h2-6,10,16H,7H2,1H3,(H,14,15). The zero-order valence-electron chi connectivity index (χ0n) is 9.35. The quantitative estimate of drug-likeness (QED) is 0.911. The lowest BCUT2D eigenvalue weighted by atomic mass is 10.2. The number of pyridine rings is 1. The molecule has 4 nitrogen and oxygen atoms in total. The van der Waals surface area contributed by atoms with Crippen LogP contribution in [0.15, 0.2) is 39.5 Å². The van der Waals surface area contributed by atoms with Gasteiger partial charge in [-0.25, -0.2) is 4.98 Å². The van der Waals surface area contributed by atoms with Gasteiger partial charge in [0.05, 0.1) is 12.9 Å². The van der Waals surface area contributed by atoms with E-state index < -0.39 is 0 Å². The van der Waals surface area contributed by atoms with Crippen LogP contribution in [0.1, 0.15) is 17.4 Å². The second kappa shape index (κ2) is 5.33. The highest BCUT2D eigenvalue weighted by Crippen LogP contribution is 2.21. The number of aromatic nitrogens is 1. The topological polar surface area (TPSA) is 58.3 Å². The SMILES string of the molecule is Cc1cc(NC(CO)c2ccco2)ncc1Br. The third-order valence-corrected chi connectivity index (χ3v) is 3.27. The molecule has 1 unspecified atom stereocenters. The van der Waals surface area contributed by atoms with E-state index in [4.69, 9.17) is 4.42 Å². The first-order chi connectivity index (χ1) is 8.20. The van der Waals surface area contributed by atoms with Crippen LogP contribution in [-0.2, 0) is 0 Å². The minimum absolute atomic E-state index is 0.0513. The van der Waals surface area contributed by atoms with Crippen molar-refractivity contribution in [2.75, 3.05) is 11.9 Å². The second-order valence-corrected chi connectivity index (χ2v) is 4.57. The number of aryl methyl sites for hydroxylation is 1. The normalized spacial score (nSPS) is 12.4. The summed E-state index contributed by atoms with van der Waals surface area (Å²) in [4.78, 5) is 4.23. The molecule has 5 heteroatoms. The smallest absolute Gasteiger partial charge is 0.128 e. The van der Waals surface area contributed by atoms with Crippen molar-refractivity contribution in [1.82, 2.24) is 4.98 Å². The average Bonchev–Trinajstić information content (AvgIpc) is 2.84. The molecule has 90 valence electrons. The van der Waals surface area contributed by atoms with E-state index in [0.29, 0.717) is 11.6 Å². The summed E-state index contributed by atoms with van der Waals surface area (Å²) < 4.78 is 6.21. The highest BCUT2D eigenvalue weighted by atomic mass is 79.9. The molecule has 1 atom stereocenters. The molecule has 0 amide bonds. The van der Waals surface area contributed by atoms with Gasteiger partial charge in [0.2, 0.25) is 0 Å². The molecule has 0 aromatic carbocycles. The molecule has 2 aromatic rings. The molecule has 0 radical (unpaired) electrons. The molecule has 0 spiro atoms. The summed E-state index contributed by atoms with van der Waals surface area (Å²) >= 11 is 3.39. The highest BCUT2D eigenvalue weighted by molar-refractivity contribution is 9.10. The molecule has 0 aliphatic heterocycles. The van der Waals surface area contributed by atoms with Crippen molar-refractivity contribution >= 4 is 21.7 Å². The van der Waals surface area contributed by atoms with Crippen molar-refractivity contribution in [1.29, 1.82) is 0 Å². The molecule has 2 aromatic heterocycles. The Balaban J connectivity index is 2.16. The number of aliphatic hydroxyl groups excluding tert-OH is 1. The Hall–Kier alpha value is -1.33. The number of nitrogens with zero attached hydrogens (tertiary/aromatic N) is 1. The Morgan fingerprint density at radius 2 is 2.41 bits per heavy atom. The fraction of sp³-hybridized carbons (Fsp3) is 0.250. The van der Waals surface area contributed by atoms with E-state index in [1.807, 2.05) is 19.1 Å². The number of nitrogens with one attached hydrogen (secondary N) is 1. The van der Waals surface area contributed by atoms with Gasteiger partial charge in [-0.2, -0.15) is 0 Å². The molecule has 0 aliphatic rings. The minimum Gasteiger partial charge on any atom is -0.467 e. The maximum Gasteiger partial charge on any atom is 0.128 e. The van der Waals surface area contributed by atoms with E-state index >= 15 is 0 Å². The van der Waals surface area contributed by atoms with Crippen molar-refractivity contribution < 1.29 is 9.52 Å². The summed E-state index contributed by atoms with van der Waals surface area (Å²) in [5.41, 5.74) is 1.08. The lowest BCUT2D eigenvalue weighted by molar-refractivity contribution is 0.261. The van der Waals surface area contributed by atoms with Gasteiger partial charge in [0.15, 0.2) is 0 Å². The third kappa shape index (κ3) is 2.87. The molecule has 2 N–H and O–H groups in total. The fourth-order valence-corrected chi connectivity index (χ4v) is 1.71. The molecule has 0 fully saturated rings. The molecule has 2 heterocycles. The van der Waals surface area contributed by atoms with E-state index in [0.717, 1.165) is 10.0 Å². The monoisotopic (exact) mass is 296 g/mol. The van der Waals surface area contributed by atoms with Crippen molar-refractivity contribution in [3.05, 3.63) is 46.5 Å². The predicted octanol–water partition coefficient (Wildman–Crippen LogP) is 2.89. The zero-order chi connectivity index (χ0) is 12.3. The Labute approximate surface area is 108 Å². The van der Waals surface area contributed by atoms with Crippen LogP contribution in [0.5, 0.6) is 0 Å². The van der Waals surface area contributed by atoms with Gasteiger partial charge in [0.1, 0.15) is 17.6 Å². The maximum atomic E-state index is 9.32. The van der Waals surface area contributed by atoms with Crippen LogP contribution in [0.4, 0.5) is 5.82 Å². The van der Waals surface area contributed by atoms with Crippen LogP contribution in [0.25, 0.3) is 0 Å². The number of aliphatic hydroxyl groups is 1. The summed E-state index contributed by atoms with van der Waals surface area (Å²) in [7, 11) is 0. The van der Waals surface area contributed by atoms with Crippen LogP contribution in [-0.4, -0.2) is 16.7 Å². The molecule has 0 saturated carbocycles. The van der Waals surface area contributed by atoms with Gasteiger partial charge in [-0.3, -0.25) is 0 Å². The Kier molecular flexibility index (Phi) is 3.81. The molecule has 2 rings (SSSR count). The van der Waals surface area contributed by atoms with Gasteiger partial charge in [0.25, 0.3) is 0 Å². The van der Waals surface area contributed by atoms with Crippen molar-refractivity contribution in [2.45, 2.75) is 13.0 Å². The van der Waals surface area contributed by atoms with Gasteiger partial charge >= 0.3 is 0 Å². The van der Waals surface area contributed by atoms with Crippen LogP contribution < -0.4 is 5.32 Å². The first-order valence-corrected chi connectivity index (χ1v) is 6.03. The summed E-state index contributed by atoms with van der Waals surface area (Å²) in [6.07, 6.45) is 3.31. The van der Waals surface area contributed by atoms with Crippen LogP contribution in [0.3, 0.4) is 0 Å². The van der Waals surface area contributed by atoms with E-state index in [1.165, 1.54) is 0 Å². The summed E-state index contributed by atoms with van der Waals surface area (Å²) in [6.45, 7) is 1.93. The average molecular weight is 297 g/mol. The molecule has 0 aliphatic carbocycles. The molecule has 0 saturated heterocycles. The second-order valence-electron chi connectivity index (χ2n) is 3.71. The Morgan fingerprint density at radius 3 is 3.00 bits per heavy atom. The van der Waals surface area contributed by atoms with E-state index in [-0.39, 0.29) is 12.6 Å². The number of hydrogen-bond acceptors (Lipinski definition) is 4. The summed E-state index contributed by atoms with van der Waals surface area (Å²) in [5.74, 6) is 1.40. The minimum atomic E-state index is -0.280. The molecular formula is C12H13BrN2O2. The van der Waals surface area contributed by atoms with Gasteiger partial charge in [0, 0.05) is 10.7 Å². The number of rotatable bonds is 4. The highest BCUT2D eigenvalue weighted by Gasteiger charge is 2.13. The van der Waals surface area contributed by atoms with E-state index in [1.54, 1.807) is 18.5 Å². The van der Waals surface area contributed by atoms with Crippen LogP contribution in [0.2, 0.25) is 0 Å².